The fraction of sp³-hybridized carbons (Fsp3) is 0.469. The van der Waals surface area contributed by atoms with Crippen LogP contribution < -0.4 is 0 Å². The average Bonchev–Trinajstić information content (AvgIpc) is 3.43. The number of halogens is 1. The summed E-state index contributed by atoms with van der Waals surface area (Å²) < 4.78 is 19.1. The average molecular weight is 551 g/mol. The second-order valence-corrected chi connectivity index (χ2v) is 10.7. The number of allylic oxidation sites excluding steroid dienone is 2. The van der Waals surface area contributed by atoms with E-state index in [1.165, 1.54) is 12.1 Å². The highest BCUT2D eigenvalue weighted by atomic mass is 19.1. The Balaban J connectivity index is 1.47. The second-order valence-electron chi connectivity index (χ2n) is 10.7. The van der Waals surface area contributed by atoms with Crippen LogP contribution in [0.4, 0.5) is 4.39 Å². The first-order valence-corrected chi connectivity index (χ1v) is 14.2. The van der Waals surface area contributed by atoms with Crippen molar-refractivity contribution in [2.75, 3.05) is 26.3 Å². The van der Waals surface area contributed by atoms with Gasteiger partial charge in [-0.3, -0.25) is 14.4 Å². The fourth-order valence-corrected chi connectivity index (χ4v) is 5.54. The number of cyclic esters (lactones) is 1. The molecule has 1 N–H and O–H groups in total. The monoisotopic (exact) mass is 550 g/mol. The van der Waals surface area contributed by atoms with Crippen molar-refractivity contribution in [3.63, 3.8) is 0 Å². The van der Waals surface area contributed by atoms with Gasteiger partial charge in [-0.05, 0) is 61.8 Å². The van der Waals surface area contributed by atoms with Crippen LogP contribution in [0.1, 0.15) is 49.7 Å². The maximum atomic E-state index is 13.7. The first-order valence-electron chi connectivity index (χ1n) is 14.2. The first-order chi connectivity index (χ1) is 19.4. The molecular formula is C32H39FN2O5. The van der Waals surface area contributed by atoms with Crippen molar-refractivity contribution in [2.24, 2.45) is 11.8 Å². The maximum absolute atomic E-state index is 13.7. The van der Waals surface area contributed by atoms with Crippen LogP contribution in [-0.4, -0.2) is 65.0 Å². The molecular weight excluding hydrogens is 511 g/mol. The van der Waals surface area contributed by atoms with Crippen molar-refractivity contribution >= 4 is 17.8 Å². The number of aliphatic hydroxyl groups is 1. The van der Waals surface area contributed by atoms with Crippen LogP contribution in [0.5, 0.6) is 0 Å². The lowest BCUT2D eigenvalue weighted by Crippen LogP contribution is -2.44. The Kier molecular flexibility index (Phi) is 10.9. The van der Waals surface area contributed by atoms with E-state index in [1.54, 1.807) is 21.9 Å². The zero-order valence-corrected chi connectivity index (χ0v) is 22.9. The number of aliphatic hydroxyl groups excluding tert-OH is 1. The van der Waals surface area contributed by atoms with Crippen molar-refractivity contribution in [2.45, 2.75) is 57.5 Å². The van der Waals surface area contributed by atoms with E-state index in [4.69, 9.17) is 4.74 Å². The topological polar surface area (TPSA) is 87.2 Å². The molecule has 0 radical (unpaired) electrons. The number of esters is 1. The standard InChI is InChI=1S/C32H39FN2O5/c33-28-15-13-24(14-16-28)20-27-11-6-2-5-10-26(31(38)35-17-7-12-29(35)23-40-32(27)39)21-30(37)34(18-19-36)22-25-8-3-1-4-9-25/h1-5,8-9,13-16,26-27,29,36H,6-7,10-12,17-23H2/b5-2+/t26-,27-,29-/m1/s1. The first kappa shape index (κ1) is 29.5. The summed E-state index contributed by atoms with van der Waals surface area (Å²) >= 11 is 0. The Morgan fingerprint density at radius 3 is 2.52 bits per heavy atom. The Labute approximate surface area is 235 Å². The molecule has 2 aromatic carbocycles. The minimum Gasteiger partial charge on any atom is -0.463 e. The highest BCUT2D eigenvalue weighted by Crippen LogP contribution is 2.26. The summed E-state index contributed by atoms with van der Waals surface area (Å²) in [5.74, 6) is -1.79. The summed E-state index contributed by atoms with van der Waals surface area (Å²) in [5.41, 5.74) is 1.83. The minimum atomic E-state index is -0.534. The van der Waals surface area contributed by atoms with Gasteiger partial charge in [-0.25, -0.2) is 4.39 Å². The maximum Gasteiger partial charge on any atom is 0.309 e. The summed E-state index contributed by atoms with van der Waals surface area (Å²) in [4.78, 5) is 43.5. The van der Waals surface area contributed by atoms with Crippen LogP contribution in [0.2, 0.25) is 0 Å². The molecule has 2 aliphatic rings. The third-order valence-electron chi connectivity index (χ3n) is 7.79. The number of carbonyl (C=O) groups excluding carboxylic acids is 3. The Hall–Kier alpha value is -3.52. The molecule has 2 heterocycles. The van der Waals surface area contributed by atoms with Gasteiger partial charge in [0.2, 0.25) is 11.8 Å². The fourth-order valence-electron chi connectivity index (χ4n) is 5.54. The second kappa shape index (κ2) is 14.7. The molecule has 8 heteroatoms. The summed E-state index contributed by atoms with van der Waals surface area (Å²) in [7, 11) is 0. The molecule has 0 bridgehead atoms. The van der Waals surface area contributed by atoms with Crippen LogP contribution in [0.15, 0.2) is 66.7 Å². The van der Waals surface area contributed by atoms with Crippen molar-refractivity contribution in [3.8, 4) is 0 Å². The lowest BCUT2D eigenvalue weighted by atomic mass is 9.94. The molecule has 0 aliphatic carbocycles. The van der Waals surface area contributed by atoms with Crippen molar-refractivity contribution in [1.29, 1.82) is 0 Å². The van der Waals surface area contributed by atoms with E-state index >= 15 is 0 Å². The molecule has 2 amide bonds. The van der Waals surface area contributed by atoms with E-state index in [0.717, 1.165) is 24.0 Å². The molecule has 1 saturated heterocycles. The number of carbonyl (C=O) groups is 3. The van der Waals surface area contributed by atoms with Crippen LogP contribution in [0, 0.1) is 17.7 Å². The van der Waals surface area contributed by atoms with Gasteiger partial charge in [0.05, 0.1) is 24.5 Å². The van der Waals surface area contributed by atoms with E-state index in [0.29, 0.717) is 38.8 Å². The van der Waals surface area contributed by atoms with Gasteiger partial charge < -0.3 is 19.6 Å². The summed E-state index contributed by atoms with van der Waals surface area (Å²) in [6, 6.07) is 15.5. The number of fused-ring (bicyclic) bond motifs is 1. The molecule has 0 spiro atoms. The molecule has 40 heavy (non-hydrogen) atoms. The van der Waals surface area contributed by atoms with Crippen molar-refractivity contribution < 1.29 is 28.6 Å². The number of rotatable bonds is 8. The van der Waals surface area contributed by atoms with Crippen molar-refractivity contribution in [3.05, 3.63) is 83.7 Å². The molecule has 0 unspecified atom stereocenters. The van der Waals surface area contributed by atoms with Gasteiger partial charge in [0, 0.05) is 26.1 Å². The Bertz CT molecular complexity index is 1150. The Morgan fingerprint density at radius 1 is 1.00 bits per heavy atom. The highest BCUT2D eigenvalue weighted by Gasteiger charge is 2.35. The molecule has 4 rings (SSSR count). The van der Waals surface area contributed by atoms with E-state index < -0.39 is 5.92 Å². The van der Waals surface area contributed by atoms with Gasteiger partial charge >= 0.3 is 5.97 Å². The predicted octanol–water partition coefficient (Wildman–Crippen LogP) is 4.29. The van der Waals surface area contributed by atoms with Crippen LogP contribution in [-0.2, 0) is 32.1 Å². The minimum absolute atomic E-state index is 0.0478. The molecule has 2 aliphatic heterocycles. The predicted molar refractivity (Wildman–Crippen MR) is 149 cm³/mol. The quantitative estimate of drug-likeness (QED) is 0.392. The van der Waals surface area contributed by atoms with Crippen LogP contribution in [0.25, 0.3) is 0 Å². The number of hydrogen-bond donors (Lipinski definition) is 1. The SMILES string of the molecule is O=C1OC[C@H]2CCCN2C(=O)[C@@H](CC(=O)N(CCO)Cc2ccccc2)C/C=C/CC[C@@H]1Cc1ccc(F)cc1. The van der Waals surface area contributed by atoms with Gasteiger partial charge in [0.15, 0.2) is 0 Å². The third-order valence-corrected chi connectivity index (χ3v) is 7.79. The molecule has 2 aromatic rings. The van der Waals surface area contributed by atoms with Crippen molar-refractivity contribution in [1.82, 2.24) is 9.80 Å². The highest BCUT2D eigenvalue weighted by molar-refractivity contribution is 5.86. The van der Waals surface area contributed by atoms with E-state index in [-0.39, 0.29) is 61.7 Å². The van der Waals surface area contributed by atoms with Crippen LogP contribution >= 0.6 is 0 Å². The summed E-state index contributed by atoms with van der Waals surface area (Å²) in [5, 5.41) is 9.59. The number of benzene rings is 2. The summed E-state index contributed by atoms with van der Waals surface area (Å²) in [6.07, 6.45) is 7.57. The molecule has 7 nitrogen and oxygen atoms in total. The molecule has 3 atom stereocenters. The van der Waals surface area contributed by atoms with E-state index in [2.05, 4.69) is 0 Å². The zero-order valence-electron chi connectivity index (χ0n) is 22.9. The number of ether oxygens (including phenoxy) is 1. The smallest absolute Gasteiger partial charge is 0.309 e. The molecule has 0 aromatic heterocycles. The largest absolute Gasteiger partial charge is 0.463 e. The van der Waals surface area contributed by atoms with E-state index in [9.17, 15) is 23.9 Å². The number of amides is 2. The van der Waals surface area contributed by atoms with E-state index in [1.807, 2.05) is 42.5 Å². The number of nitrogens with zero attached hydrogens (tertiary/aromatic N) is 2. The molecule has 0 saturated carbocycles. The van der Waals surface area contributed by atoms with Gasteiger partial charge in [0.25, 0.3) is 0 Å². The summed E-state index contributed by atoms with van der Waals surface area (Å²) in [6.45, 7) is 1.11. The number of hydrogen-bond acceptors (Lipinski definition) is 5. The van der Waals surface area contributed by atoms with Gasteiger partial charge in [-0.2, -0.15) is 0 Å². The van der Waals surface area contributed by atoms with Gasteiger partial charge in [0.1, 0.15) is 12.4 Å². The molecule has 1 fully saturated rings. The lowest BCUT2D eigenvalue weighted by Gasteiger charge is -2.30. The normalized spacial score (nSPS) is 22.9. The Morgan fingerprint density at radius 2 is 1.77 bits per heavy atom. The van der Waals surface area contributed by atoms with Gasteiger partial charge in [-0.1, -0.05) is 54.6 Å². The van der Waals surface area contributed by atoms with Crippen LogP contribution in [0.3, 0.4) is 0 Å². The third kappa shape index (κ3) is 8.24. The lowest BCUT2D eigenvalue weighted by molar-refractivity contribution is -0.152. The van der Waals surface area contributed by atoms with Gasteiger partial charge in [-0.15, -0.1) is 0 Å². The molecule has 214 valence electrons. The zero-order chi connectivity index (χ0) is 28.3.